The van der Waals surface area contributed by atoms with Crippen LogP contribution in [0.1, 0.15) is 0 Å². The number of rotatable bonds is 0. The van der Waals surface area contributed by atoms with E-state index in [4.69, 9.17) is 0 Å². The molecule has 0 aromatic carbocycles. The van der Waals surface area contributed by atoms with Crippen LogP contribution in [-0.2, 0) is 28.7 Å². The zero-order chi connectivity index (χ0) is 14.6. The molecule has 21 heavy (non-hydrogen) atoms. The molecule has 6 nitrogen and oxygen atoms in total. The Labute approximate surface area is 117 Å². The molecule has 2 bridgehead atoms. The molecule has 4 aliphatic carbocycles. The van der Waals surface area contributed by atoms with Crippen LogP contribution in [0.15, 0.2) is 11.9 Å². The Morgan fingerprint density at radius 3 is 1.90 bits per heavy atom. The second kappa shape index (κ2) is 3.23. The van der Waals surface area contributed by atoms with Crippen LogP contribution in [0.25, 0.3) is 0 Å². The zero-order valence-corrected chi connectivity index (χ0v) is 10.5. The fraction of sp³-hybridized carbons (Fsp3) is 0.571. The van der Waals surface area contributed by atoms with E-state index in [0.717, 1.165) is 0 Å². The zero-order valence-electron chi connectivity index (χ0n) is 10.5. The van der Waals surface area contributed by atoms with Gasteiger partial charge in [-0.1, -0.05) is 0 Å². The average molecular weight is 292 g/mol. The van der Waals surface area contributed by atoms with Gasteiger partial charge in [0.1, 0.15) is 5.83 Å². The molecule has 0 aromatic heterocycles. The second-order valence-electron chi connectivity index (χ2n) is 6.39. The summed E-state index contributed by atoms with van der Waals surface area (Å²) >= 11 is 0. The molecular formula is C14H9FO6. The fourth-order valence-corrected chi connectivity index (χ4v) is 5.25. The molecule has 0 spiro atoms. The Bertz CT molecular complexity index is 681. The summed E-state index contributed by atoms with van der Waals surface area (Å²) in [7, 11) is 0. The first-order chi connectivity index (χ1) is 10.0. The highest BCUT2D eigenvalue weighted by molar-refractivity contribution is 6.01. The van der Waals surface area contributed by atoms with Crippen LogP contribution in [0.2, 0.25) is 0 Å². The van der Waals surface area contributed by atoms with Crippen molar-refractivity contribution in [3.63, 3.8) is 0 Å². The monoisotopic (exact) mass is 292 g/mol. The summed E-state index contributed by atoms with van der Waals surface area (Å²) in [5.41, 5.74) is 0. The summed E-state index contributed by atoms with van der Waals surface area (Å²) in [6.07, 6.45) is 1.33. The third kappa shape index (κ3) is 1.05. The summed E-state index contributed by atoms with van der Waals surface area (Å²) in [5, 5.41) is 0. The van der Waals surface area contributed by atoms with Gasteiger partial charge in [0.15, 0.2) is 0 Å². The Kier molecular flexibility index (Phi) is 1.78. The smallest absolute Gasteiger partial charge is 0.318 e. The van der Waals surface area contributed by atoms with Gasteiger partial charge in [0.25, 0.3) is 0 Å². The number of esters is 4. The Morgan fingerprint density at radius 2 is 1.24 bits per heavy atom. The molecule has 0 aromatic rings. The van der Waals surface area contributed by atoms with Gasteiger partial charge in [-0.25, -0.2) is 4.39 Å². The van der Waals surface area contributed by atoms with Gasteiger partial charge in [-0.3, -0.25) is 19.2 Å². The number of cyclic esters (lactones) is 4. The normalized spacial score (nSPS) is 52.5. The van der Waals surface area contributed by atoms with E-state index in [1.54, 1.807) is 0 Å². The Morgan fingerprint density at radius 1 is 0.714 bits per heavy atom. The first-order valence-electron chi connectivity index (χ1n) is 6.89. The minimum atomic E-state index is -0.863. The number of hydrogen-bond donors (Lipinski definition) is 0. The largest absolute Gasteiger partial charge is 0.393 e. The van der Waals surface area contributed by atoms with Gasteiger partial charge < -0.3 is 9.47 Å². The van der Waals surface area contributed by atoms with Crippen LogP contribution in [0.3, 0.4) is 0 Å². The molecule has 2 heterocycles. The molecule has 2 saturated carbocycles. The first-order valence-corrected chi connectivity index (χ1v) is 6.89. The summed E-state index contributed by atoms with van der Waals surface area (Å²) in [5.74, 6) is -8.11. The molecule has 0 amide bonds. The summed E-state index contributed by atoms with van der Waals surface area (Å²) in [6, 6.07) is 0. The van der Waals surface area contributed by atoms with E-state index >= 15 is 0 Å². The van der Waals surface area contributed by atoms with Gasteiger partial charge in [-0.2, -0.15) is 0 Å². The van der Waals surface area contributed by atoms with Crippen LogP contribution < -0.4 is 0 Å². The van der Waals surface area contributed by atoms with E-state index < -0.39 is 71.1 Å². The maximum absolute atomic E-state index is 14.3. The third-order valence-electron chi connectivity index (χ3n) is 5.87. The Balaban J connectivity index is 1.66. The van der Waals surface area contributed by atoms with Gasteiger partial charge in [0.05, 0.1) is 23.7 Å². The number of hydrogen-bond acceptors (Lipinski definition) is 6. The van der Waals surface area contributed by atoms with Gasteiger partial charge in [-0.05, 0) is 23.8 Å². The van der Waals surface area contributed by atoms with E-state index in [0.29, 0.717) is 0 Å². The van der Waals surface area contributed by atoms with Crippen molar-refractivity contribution in [2.45, 2.75) is 0 Å². The topological polar surface area (TPSA) is 86.7 Å². The predicted octanol–water partition coefficient (Wildman–Crippen LogP) is -0.0230. The maximum Gasteiger partial charge on any atom is 0.318 e. The molecule has 0 radical (unpaired) electrons. The lowest BCUT2D eigenvalue weighted by Crippen LogP contribution is -2.64. The van der Waals surface area contributed by atoms with E-state index in [2.05, 4.69) is 9.47 Å². The SMILES string of the molecule is O=C1OC(=O)C2C1C1C=C(F)C2C2C3C(=O)OC(=O)C3C12. The van der Waals surface area contributed by atoms with E-state index in [-0.39, 0.29) is 5.92 Å². The van der Waals surface area contributed by atoms with E-state index in [1.165, 1.54) is 6.08 Å². The third-order valence-corrected chi connectivity index (χ3v) is 5.87. The number of allylic oxidation sites excluding steroid dienone is 2. The fourth-order valence-electron chi connectivity index (χ4n) is 5.25. The van der Waals surface area contributed by atoms with Crippen LogP contribution in [0.4, 0.5) is 4.39 Å². The van der Waals surface area contributed by atoms with Crippen LogP contribution in [-0.4, -0.2) is 23.9 Å². The van der Waals surface area contributed by atoms with Crippen molar-refractivity contribution >= 4 is 23.9 Å². The van der Waals surface area contributed by atoms with Crippen molar-refractivity contribution in [2.24, 2.45) is 47.3 Å². The highest BCUT2D eigenvalue weighted by Gasteiger charge is 2.76. The molecule has 108 valence electrons. The minimum Gasteiger partial charge on any atom is -0.393 e. The number of carbonyl (C=O) groups is 4. The molecule has 2 aliphatic heterocycles. The van der Waals surface area contributed by atoms with Crippen molar-refractivity contribution in [3.05, 3.63) is 11.9 Å². The lowest BCUT2D eigenvalue weighted by molar-refractivity contribution is -0.170. The first kappa shape index (κ1) is 11.6. The number of carbonyl (C=O) groups excluding carboxylic acids is 4. The van der Waals surface area contributed by atoms with Crippen molar-refractivity contribution in [1.29, 1.82) is 0 Å². The highest BCUT2D eigenvalue weighted by Crippen LogP contribution is 2.69. The van der Waals surface area contributed by atoms with E-state index in [1.807, 2.05) is 0 Å². The summed E-state index contributed by atoms with van der Waals surface area (Å²) in [6.45, 7) is 0. The Hall–Kier alpha value is -2.05. The van der Waals surface area contributed by atoms with E-state index in [9.17, 15) is 23.6 Å². The lowest BCUT2D eigenvalue weighted by atomic mass is 9.40. The van der Waals surface area contributed by atoms with Gasteiger partial charge in [-0.15, -0.1) is 0 Å². The van der Waals surface area contributed by atoms with Crippen molar-refractivity contribution in [3.8, 4) is 0 Å². The lowest BCUT2D eigenvalue weighted by Gasteiger charge is -2.59. The quantitative estimate of drug-likeness (QED) is 0.460. The number of ether oxygens (including phenoxy) is 2. The maximum atomic E-state index is 14.3. The summed E-state index contributed by atoms with van der Waals surface area (Å²) in [4.78, 5) is 47.2. The summed E-state index contributed by atoms with van der Waals surface area (Å²) < 4.78 is 23.6. The molecule has 2 saturated heterocycles. The van der Waals surface area contributed by atoms with Crippen molar-refractivity contribution < 1.29 is 33.0 Å². The molecule has 8 atom stereocenters. The number of fused-ring (bicyclic) bond motifs is 1. The van der Waals surface area contributed by atoms with Crippen LogP contribution >= 0.6 is 0 Å². The molecule has 6 rings (SSSR count). The highest BCUT2D eigenvalue weighted by atomic mass is 19.1. The average Bonchev–Trinajstić information content (AvgIpc) is 2.79. The molecular weight excluding hydrogens is 283 g/mol. The predicted molar refractivity (Wildman–Crippen MR) is 59.3 cm³/mol. The standard InChI is InChI=1S/C14H9FO6/c15-3-1-2-4-7(10-8(4)12(17)21-14(10)19)6(3)9-5(2)11(16)20-13(9)18/h1-2,4-10H. The van der Waals surface area contributed by atoms with Gasteiger partial charge >= 0.3 is 23.9 Å². The van der Waals surface area contributed by atoms with Gasteiger partial charge in [0, 0.05) is 5.92 Å². The second-order valence-corrected chi connectivity index (χ2v) is 6.39. The van der Waals surface area contributed by atoms with Crippen LogP contribution in [0.5, 0.6) is 0 Å². The molecule has 4 fully saturated rings. The van der Waals surface area contributed by atoms with Crippen molar-refractivity contribution in [1.82, 2.24) is 0 Å². The minimum absolute atomic E-state index is 0.307. The van der Waals surface area contributed by atoms with Gasteiger partial charge in [0.2, 0.25) is 0 Å². The molecule has 7 heteroatoms. The van der Waals surface area contributed by atoms with Crippen molar-refractivity contribution in [2.75, 3.05) is 0 Å². The molecule has 6 aliphatic rings. The van der Waals surface area contributed by atoms with Crippen LogP contribution in [0, 0.1) is 47.3 Å². The molecule has 0 N–H and O–H groups in total. The number of halogens is 1. The molecule has 8 unspecified atom stereocenters.